The molecule has 0 radical (unpaired) electrons. The van der Waals surface area contributed by atoms with Crippen LogP contribution >= 0.6 is 0 Å². The first-order valence-electron chi connectivity index (χ1n) is 6.25. The molecule has 19 heavy (non-hydrogen) atoms. The number of ether oxygens (including phenoxy) is 1. The summed E-state index contributed by atoms with van der Waals surface area (Å²) in [6, 6.07) is 13.3. The molecule has 0 aliphatic heterocycles. The molecule has 0 atom stereocenters. The van der Waals surface area contributed by atoms with Gasteiger partial charge in [0.2, 0.25) is 5.88 Å². The maximum Gasteiger partial charge on any atom is 0.219 e. The standard InChI is InChI=1S/C15H15N3O/c16-14(17)15(7-8-15)11-6-9-18-13(10-11)19-12-4-2-1-3-5-12/h1-6,9-10H,7-8H2,(H3,16,17). The zero-order valence-electron chi connectivity index (χ0n) is 10.5. The van der Waals surface area contributed by atoms with Crippen molar-refractivity contribution in [3.8, 4) is 11.6 Å². The van der Waals surface area contributed by atoms with Crippen LogP contribution in [0.1, 0.15) is 18.4 Å². The van der Waals surface area contributed by atoms with Crippen molar-refractivity contribution in [2.75, 3.05) is 0 Å². The third-order valence-corrected chi connectivity index (χ3v) is 3.52. The number of nitrogens with two attached hydrogens (primary N) is 1. The summed E-state index contributed by atoms with van der Waals surface area (Å²) in [7, 11) is 0. The van der Waals surface area contributed by atoms with E-state index in [4.69, 9.17) is 15.9 Å². The topological polar surface area (TPSA) is 72.0 Å². The van der Waals surface area contributed by atoms with Crippen LogP contribution in [0.15, 0.2) is 48.7 Å². The van der Waals surface area contributed by atoms with Crippen LogP contribution in [0, 0.1) is 5.41 Å². The highest BCUT2D eigenvalue weighted by atomic mass is 16.5. The quantitative estimate of drug-likeness (QED) is 0.650. The summed E-state index contributed by atoms with van der Waals surface area (Å²) in [5.41, 5.74) is 6.42. The second kappa shape index (κ2) is 4.39. The van der Waals surface area contributed by atoms with Gasteiger partial charge in [-0.3, -0.25) is 5.41 Å². The van der Waals surface area contributed by atoms with Gasteiger partial charge < -0.3 is 10.5 Å². The normalized spacial score (nSPS) is 15.8. The minimum Gasteiger partial charge on any atom is -0.439 e. The van der Waals surface area contributed by atoms with E-state index in [1.807, 2.05) is 42.5 Å². The van der Waals surface area contributed by atoms with Crippen molar-refractivity contribution in [2.24, 2.45) is 5.73 Å². The molecule has 2 aromatic rings. The lowest BCUT2D eigenvalue weighted by Crippen LogP contribution is -2.27. The van der Waals surface area contributed by atoms with Gasteiger partial charge in [-0.1, -0.05) is 18.2 Å². The van der Waals surface area contributed by atoms with Gasteiger partial charge in [-0.25, -0.2) is 4.98 Å². The molecule has 1 aromatic heterocycles. The van der Waals surface area contributed by atoms with Gasteiger partial charge in [0, 0.05) is 12.3 Å². The Hall–Kier alpha value is -2.36. The molecule has 1 aromatic carbocycles. The number of nitrogens with one attached hydrogen (secondary N) is 1. The smallest absolute Gasteiger partial charge is 0.219 e. The number of para-hydroxylation sites is 1. The monoisotopic (exact) mass is 253 g/mol. The molecule has 1 heterocycles. The van der Waals surface area contributed by atoms with Crippen molar-refractivity contribution in [3.05, 3.63) is 54.2 Å². The number of aromatic nitrogens is 1. The Morgan fingerprint density at radius 2 is 1.95 bits per heavy atom. The Labute approximate surface area is 111 Å². The van der Waals surface area contributed by atoms with Gasteiger partial charge in [0.1, 0.15) is 11.6 Å². The van der Waals surface area contributed by atoms with E-state index in [2.05, 4.69) is 4.98 Å². The predicted octanol–water partition coefficient (Wildman–Crippen LogP) is 2.84. The number of nitrogens with zero attached hydrogens (tertiary/aromatic N) is 1. The van der Waals surface area contributed by atoms with Crippen LogP contribution in [0.3, 0.4) is 0 Å². The Morgan fingerprint density at radius 1 is 1.21 bits per heavy atom. The molecule has 4 nitrogen and oxygen atoms in total. The molecule has 0 saturated heterocycles. The summed E-state index contributed by atoms with van der Waals surface area (Å²) < 4.78 is 5.70. The molecule has 0 amide bonds. The third kappa shape index (κ3) is 2.17. The molecule has 3 N–H and O–H groups in total. The van der Waals surface area contributed by atoms with Crippen LogP contribution in [-0.2, 0) is 5.41 Å². The minimum atomic E-state index is -0.280. The average Bonchev–Trinajstić information content (AvgIpc) is 3.22. The second-order valence-corrected chi connectivity index (χ2v) is 4.79. The van der Waals surface area contributed by atoms with E-state index in [1.54, 1.807) is 6.20 Å². The summed E-state index contributed by atoms with van der Waals surface area (Å²) in [6.07, 6.45) is 3.56. The first kappa shape index (κ1) is 11.7. The number of pyridine rings is 1. The van der Waals surface area contributed by atoms with Crippen LogP contribution in [0.5, 0.6) is 11.6 Å². The highest BCUT2D eigenvalue weighted by Gasteiger charge is 2.47. The summed E-state index contributed by atoms with van der Waals surface area (Å²) in [5.74, 6) is 1.51. The molecule has 1 aliphatic rings. The summed E-state index contributed by atoms with van der Waals surface area (Å²) in [4.78, 5) is 4.20. The Kier molecular flexibility index (Phi) is 2.71. The molecule has 0 bridgehead atoms. The SMILES string of the molecule is N=C(N)C1(c2ccnc(Oc3ccccc3)c2)CC1. The van der Waals surface area contributed by atoms with Gasteiger partial charge in [-0.15, -0.1) is 0 Å². The fourth-order valence-electron chi connectivity index (χ4n) is 2.21. The fraction of sp³-hybridized carbons (Fsp3) is 0.200. The number of benzene rings is 1. The lowest BCUT2D eigenvalue weighted by Gasteiger charge is -2.14. The summed E-state index contributed by atoms with van der Waals surface area (Å²) >= 11 is 0. The maximum atomic E-state index is 7.71. The summed E-state index contributed by atoms with van der Waals surface area (Å²) in [6.45, 7) is 0. The molecule has 3 rings (SSSR count). The van der Waals surface area contributed by atoms with Gasteiger partial charge >= 0.3 is 0 Å². The zero-order chi connectivity index (χ0) is 13.3. The van der Waals surface area contributed by atoms with E-state index in [9.17, 15) is 0 Å². The lowest BCUT2D eigenvalue weighted by molar-refractivity contribution is 0.462. The first-order valence-corrected chi connectivity index (χ1v) is 6.25. The van der Waals surface area contributed by atoms with Crippen molar-refractivity contribution in [3.63, 3.8) is 0 Å². The van der Waals surface area contributed by atoms with E-state index >= 15 is 0 Å². The van der Waals surface area contributed by atoms with E-state index in [0.29, 0.717) is 5.88 Å². The Morgan fingerprint density at radius 3 is 2.58 bits per heavy atom. The molecular formula is C15H15N3O. The highest BCUT2D eigenvalue weighted by molar-refractivity contribution is 5.92. The zero-order valence-corrected chi connectivity index (χ0v) is 10.5. The predicted molar refractivity (Wildman–Crippen MR) is 73.6 cm³/mol. The largest absolute Gasteiger partial charge is 0.439 e. The maximum absolute atomic E-state index is 7.71. The van der Waals surface area contributed by atoms with E-state index in [1.165, 1.54) is 0 Å². The van der Waals surface area contributed by atoms with Crippen LogP contribution in [0.2, 0.25) is 0 Å². The Bertz CT molecular complexity index is 606. The number of amidine groups is 1. The lowest BCUT2D eigenvalue weighted by atomic mass is 9.96. The van der Waals surface area contributed by atoms with Crippen molar-refractivity contribution in [1.82, 2.24) is 4.98 Å². The first-order chi connectivity index (χ1) is 9.21. The number of hydrogen-bond acceptors (Lipinski definition) is 3. The van der Waals surface area contributed by atoms with Gasteiger partial charge in [-0.2, -0.15) is 0 Å². The number of rotatable bonds is 4. The molecule has 0 unspecified atom stereocenters. The van der Waals surface area contributed by atoms with Gasteiger partial charge in [0.15, 0.2) is 0 Å². The van der Waals surface area contributed by atoms with E-state index in [0.717, 1.165) is 24.2 Å². The van der Waals surface area contributed by atoms with Crippen LogP contribution < -0.4 is 10.5 Å². The molecule has 1 aliphatic carbocycles. The van der Waals surface area contributed by atoms with Crippen LogP contribution in [0.4, 0.5) is 0 Å². The van der Waals surface area contributed by atoms with E-state index < -0.39 is 0 Å². The van der Waals surface area contributed by atoms with Gasteiger partial charge in [0.25, 0.3) is 0 Å². The second-order valence-electron chi connectivity index (χ2n) is 4.79. The van der Waals surface area contributed by atoms with Crippen LogP contribution in [-0.4, -0.2) is 10.8 Å². The van der Waals surface area contributed by atoms with Crippen LogP contribution in [0.25, 0.3) is 0 Å². The Balaban J connectivity index is 1.87. The highest BCUT2D eigenvalue weighted by Crippen LogP contribution is 2.48. The van der Waals surface area contributed by atoms with Crippen molar-refractivity contribution >= 4 is 5.84 Å². The minimum absolute atomic E-state index is 0.226. The number of hydrogen-bond donors (Lipinski definition) is 2. The van der Waals surface area contributed by atoms with Crippen molar-refractivity contribution in [2.45, 2.75) is 18.3 Å². The van der Waals surface area contributed by atoms with Gasteiger partial charge in [0.05, 0.1) is 5.41 Å². The van der Waals surface area contributed by atoms with Crippen molar-refractivity contribution < 1.29 is 4.74 Å². The summed E-state index contributed by atoms with van der Waals surface area (Å²) in [5, 5.41) is 7.71. The average molecular weight is 253 g/mol. The van der Waals surface area contributed by atoms with Crippen molar-refractivity contribution in [1.29, 1.82) is 5.41 Å². The third-order valence-electron chi connectivity index (χ3n) is 3.52. The molecule has 96 valence electrons. The molecular weight excluding hydrogens is 238 g/mol. The fourth-order valence-corrected chi connectivity index (χ4v) is 2.21. The molecule has 1 saturated carbocycles. The molecule has 4 heteroatoms. The molecule has 0 spiro atoms. The van der Waals surface area contributed by atoms with Gasteiger partial charge in [-0.05, 0) is 36.6 Å². The van der Waals surface area contributed by atoms with E-state index in [-0.39, 0.29) is 11.3 Å². The molecule has 1 fully saturated rings.